The van der Waals surface area contributed by atoms with Gasteiger partial charge in [0.05, 0.1) is 19.4 Å². The molecule has 1 aromatic rings. The maximum atomic E-state index is 10.8. The van der Waals surface area contributed by atoms with Crippen molar-refractivity contribution in [3.05, 3.63) is 24.3 Å². The predicted molar refractivity (Wildman–Crippen MR) is 57.8 cm³/mol. The highest BCUT2D eigenvalue weighted by Crippen LogP contribution is 2.19. The van der Waals surface area contributed by atoms with Gasteiger partial charge in [-0.3, -0.25) is 0 Å². The van der Waals surface area contributed by atoms with Crippen molar-refractivity contribution in [2.75, 3.05) is 13.7 Å². The average Bonchev–Trinajstić information content (AvgIpc) is 2.27. The van der Waals surface area contributed by atoms with Crippen LogP contribution in [0.4, 0.5) is 5.69 Å². The van der Waals surface area contributed by atoms with E-state index < -0.39 is 5.97 Å². The van der Waals surface area contributed by atoms with E-state index in [0.717, 1.165) is 12.0 Å². The third-order valence-electron chi connectivity index (χ3n) is 1.65. The standard InChI is InChI=1S/C11H13NO3/c1-3-15-10-6-4-5-9(7-10)12-8-11(13)14-2/h4-8H,3H2,1-2H3. The lowest BCUT2D eigenvalue weighted by Crippen LogP contribution is -2.00. The number of carbonyl (C=O) groups excluding carboxylic acids is 1. The number of hydrogen-bond donors (Lipinski definition) is 0. The second kappa shape index (κ2) is 5.80. The first kappa shape index (κ1) is 11.2. The molecule has 0 heterocycles. The highest BCUT2D eigenvalue weighted by atomic mass is 16.5. The summed E-state index contributed by atoms with van der Waals surface area (Å²) < 4.78 is 9.72. The predicted octanol–water partition coefficient (Wildman–Crippen LogP) is 1.96. The zero-order chi connectivity index (χ0) is 11.1. The molecule has 0 N–H and O–H groups in total. The van der Waals surface area contributed by atoms with Gasteiger partial charge in [0.2, 0.25) is 0 Å². The maximum Gasteiger partial charge on any atom is 0.349 e. The largest absolute Gasteiger partial charge is 0.494 e. The Balaban J connectivity index is 2.73. The third kappa shape index (κ3) is 3.81. The number of nitrogens with zero attached hydrogens (tertiary/aromatic N) is 1. The first-order chi connectivity index (χ1) is 7.26. The maximum absolute atomic E-state index is 10.8. The first-order valence-corrected chi connectivity index (χ1v) is 4.61. The van der Waals surface area contributed by atoms with Crippen molar-refractivity contribution in [1.29, 1.82) is 0 Å². The highest BCUT2D eigenvalue weighted by molar-refractivity contribution is 6.23. The molecule has 0 bridgehead atoms. The Hall–Kier alpha value is -1.84. The van der Waals surface area contributed by atoms with E-state index in [2.05, 4.69) is 9.73 Å². The molecule has 0 spiro atoms. The Labute approximate surface area is 88.5 Å². The number of ether oxygens (including phenoxy) is 2. The molecule has 1 rings (SSSR count). The van der Waals surface area contributed by atoms with Gasteiger partial charge in [-0.2, -0.15) is 0 Å². The number of carbonyl (C=O) groups is 1. The second-order valence-corrected chi connectivity index (χ2v) is 2.71. The smallest absolute Gasteiger partial charge is 0.349 e. The SMILES string of the molecule is CCOc1cccc(N=CC(=O)OC)c1. The number of aliphatic imine (C=N–C) groups is 1. The van der Waals surface area contributed by atoms with Gasteiger partial charge in [0.15, 0.2) is 0 Å². The number of benzene rings is 1. The monoisotopic (exact) mass is 207 g/mol. The topological polar surface area (TPSA) is 47.9 Å². The van der Waals surface area contributed by atoms with Crippen LogP contribution in [0, 0.1) is 0 Å². The summed E-state index contributed by atoms with van der Waals surface area (Å²) in [6.07, 6.45) is 1.13. The van der Waals surface area contributed by atoms with Crippen molar-refractivity contribution < 1.29 is 14.3 Å². The van der Waals surface area contributed by atoms with Gasteiger partial charge in [0, 0.05) is 6.07 Å². The molecule has 80 valence electrons. The quantitative estimate of drug-likeness (QED) is 0.560. The minimum absolute atomic E-state index is 0.475. The Bertz CT molecular complexity index is 361. The zero-order valence-corrected chi connectivity index (χ0v) is 8.77. The van der Waals surface area contributed by atoms with Gasteiger partial charge >= 0.3 is 5.97 Å². The third-order valence-corrected chi connectivity index (χ3v) is 1.65. The summed E-state index contributed by atoms with van der Waals surface area (Å²) in [6, 6.07) is 7.18. The zero-order valence-electron chi connectivity index (χ0n) is 8.77. The van der Waals surface area contributed by atoms with E-state index >= 15 is 0 Å². The van der Waals surface area contributed by atoms with Crippen molar-refractivity contribution in [3.8, 4) is 5.75 Å². The van der Waals surface area contributed by atoms with Crippen LogP contribution in [-0.4, -0.2) is 25.9 Å². The van der Waals surface area contributed by atoms with Crippen LogP contribution < -0.4 is 4.74 Å². The van der Waals surface area contributed by atoms with E-state index in [1.807, 2.05) is 19.1 Å². The molecule has 0 unspecified atom stereocenters. The number of esters is 1. The van der Waals surface area contributed by atoms with E-state index in [-0.39, 0.29) is 0 Å². The Morgan fingerprint density at radius 2 is 2.33 bits per heavy atom. The van der Waals surface area contributed by atoms with Crippen molar-refractivity contribution in [1.82, 2.24) is 0 Å². The fourth-order valence-electron chi connectivity index (χ4n) is 1.00. The summed E-state index contributed by atoms with van der Waals surface area (Å²) >= 11 is 0. The molecule has 4 heteroatoms. The van der Waals surface area contributed by atoms with Gasteiger partial charge in [0.25, 0.3) is 0 Å². The molecule has 4 nitrogen and oxygen atoms in total. The van der Waals surface area contributed by atoms with Crippen LogP contribution in [0.15, 0.2) is 29.3 Å². The molecule has 0 aromatic heterocycles. The van der Waals surface area contributed by atoms with Gasteiger partial charge in [-0.1, -0.05) is 6.07 Å². The fourth-order valence-corrected chi connectivity index (χ4v) is 1.00. The van der Waals surface area contributed by atoms with E-state index in [1.54, 1.807) is 12.1 Å². The van der Waals surface area contributed by atoms with Crippen LogP contribution >= 0.6 is 0 Å². The highest BCUT2D eigenvalue weighted by Gasteiger charge is 1.95. The van der Waals surface area contributed by atoms with Gasteiger partial charge < -0.3 is 9.47 Å². The molecule has 0 atom stereocenters. The molecule has 15 heavy (non-hydrogen) atoms. The second-order valence-electron chi connectivity index (χ2n) is 2.71. The minimum Gasteiger partial charge on any atom is -0.494 e. The molecule has 0 amide bonds. The minimum atomic E-state index is -0.475. The van der Waals surface area contributed by atoms with Crippen molar-refractivity contribution >= 4 is 17.9 Å². The lowest BCUT2D eigenvalue weighted by Gasteiger charge is -2.02. The molecule has 0 radical (unpaired) electrons. The first-order valence-electron chi connectivity index (χ1n) is 4.61. The van der Waals surface area contributed by atoms with Gasteiger partial charge in [0.1, 0.15) is 12.0 Å². The molecule has 0 aliphatic heterocycles. The number of rotatable bonds is 4. The molecule has 0 aliphatic carbocycles. The Morgan fingerprint density at radius 1 is 1.53 bits per heavy atom. The molecular formula is C11H13NO3. The van der Waals surface area contributed by atoms with E-state index in [0.29, 0.717) is 12.3 Å². The average molecular weight is 207 g/mol. The van der Waals surface area contributed by atoms with Gasteiger partial charge in [-0.15, -0.1) is 0 Å². The van der Waals surface area contributed by atoms with Gasteiger partial charge in [-0.25, -0.2) is 9.79 Å². The number of hydrogen-bond acceptors (Lipinski definition) is 4. The lowest BCUT2D eigenvalue weighted by atomic mass is 10.3. The van der Waals surface area contributed by atoms with Crippen LogP contribution in [-0.2, 0) is 9.53 Å². The summed E-state index contributed by atoms with van der Waals surface area (Å²) in [6.45, 7) is 2.51. The summed E-state index contributed by atoms with van der Waals surface area (Å²) in [5.74, 6) is 0.258. The van der Waals surface area contributed by atoms with E-state index in [1.165, 1.54) is 7.11 Å². The van der Waals surface area contributed by atoms with Gasteiger partial charge in [-0.05, 0) is 19.1 Å². The number of methoxy groups -OCH3 is 1. The molecule has 1 aromatic carbocycles. The summed E-state index contributed by atoms with van der Waals surface area (Å²) in [4.78, 5) is 14.7. The van der Waals surface area contributed by atoms with Crippen LogP contribution in [0.25, 0.3) is 0 Å². The Kier molecular flexibility index (Phi) is 4.34. The van der Waals surface area contributed by atoms with Crippen LogP contribution in [0.1, 0.15) is 6.92 Å². The van der Waals surface area contributed by atoms with Crippen LogP contribution in [0.3, 0.4) is 0 Å². The molecule has 0 saturated heterocycles. The van der Waals surface area contributed by atoms with Crippen LogP contribution in [0.5, 0.6) is 5.75 Å². The fraction of sp³-hybridized carbons (Fsp3) is 0.273. The van der Waals surface area contributed by atoms with E-state index in [9.17, 15) is 4.79 Å². The van der Waals surface area contributed by atoms with Crippen LogP contribution in [0.2, 0.25) is 0 Å². The molecule has 0 fully saturated rings. The lowest BCUT2D eigenvalue weighted by molar-refractivity contribution is -0.132. The molecule has 0 aliphatic rings. The van der Waals surface area contributed by atoms with Crippen molar-refractivity contribution in [2.45, 2.75) is 6.92 Å². The summed E-state index contributed by atoms with van der Waals surface area (Å²) in [5.41, 5.74) is 0.659. The summed E-state index contributed by atoms with van der Waals surface area (Å²) in [7, 11) is 1.31. The molecule has 0 saturated carbocycles. The van der Waals surface area contributed by atoms with E-state index in [4.69, 9.17) is 4.74 Å². The van der Waals surface area contributed by atoms with Crippen molar-refractivity contribution in [2.24, 2.45) is 4.99 Å². The van der Waals surface area contributed by atoms with Crippen molar-refractivity contribution in [3.63, 3.8) is 0 Å². The Morgan fingerprint density at radius 3 is 3.00 bits per heavy atom. The normalized spacial score (nSPS) is 10.3. The summed E-state index contributed by atoms with van der Waals surface area (Å²) in [5, 5.41) is 0. The molecular weight excluding hydrogens is 194 g/mol.